The highest BCUT2D eigenvalue weighted by Gasteiger charge is 2.13. The molecule has 55 valence electrons. The van der Waals surface area contributed by atoms with E-state index < -0.39 is 11.6 Å². The zero-order valence-corrected chi connectivity index (χ0v) is 5.25. The van der Waals surface area contributed by atoms with Crippen molar-refractivity contribution in [1.82, 2.24) is 5.43 Å². The first-order chi connectivity index (χ1) is 5.27. The van der Waals surface area contributed by atoms with Crippen LogP contribution in [0, 0.1) is 11.6 Å². The number of halogens is 2. The van der Waals surface area contributed by atoms with Crippen LogP contribution in [0.5, 0.6) is 0 Å². The lowest BCUT2D eigenvalue weighted by atomic mass is 10.2. The van der Waals surface area contributed by atoms with Gasteiger partial charge in [-0.25, -0.2) is 8.78 Å². The van der Waals surface area contributed by atoms with Gasteiger partial charge in [0.25, 0.3) is 0 Å². The Kier molecular flexibility index (Phi) is 1.12. The summed E-state index contributed by atoms with van der Waals surface area (Å²) in [5.41, 5.74) is 3.99. The highest BCUT2D eigenvalue weighted by atomic mass is 19.2. The maximum absolute atomic E-state index is 12.5. The normalized spacial score (nSPS) is 12.9. The lowest BCUT2D eigenvalue weighted by molar-refractivity contribution is 0.509. The van der Waals surface area contributed by atoms with Crippen LogP contribution in [-0.4, -0.2) is 0 Å². The maximum atomic E-state index is 12.5. The van der Waals surface area contributed by atoms with E-state index in [1.807, 2.05) is 0 Å². The summed E-state index contributed by atoms with van der Waals surface area (Å²) in [7, 11) is 0. The second-order valence-electron chi connectivity index (χ2n) is 2.04. The maximum Gasteiger partial charge on any atom is 0.161 e. The molecule has 11 heavy (non-hydrogen) atoms. The molecule has 1 aliphatic rings. The van der Waals surface area contributed by atoms with Crippen LogP contribution >= 0.6 is 0 Å². The first-order valence-electron chi connectivity index (χ1n) is 2.88. The first-order valence-corrected chi connectivity index (χ1v) is 2.88. The van der Waals surface area contributed by atoms with Crippen LogP contribution in [0.3, 0.4) is 0 Å². The summed E-state index contributed by atoms with van der Waals surface area (Å²) in [5, 5.41) is 6.70. The van der Waals surface area contributed by atoms with Crippen molar-refractivity contribution in [3.63, 3.8) is 0 Å². The number of rotatable bonds is 0. The van der Waals surface area contributed by atoms with Crippen LogP contribution in [0.4, 0.5) is 20.2 Å². The molecule has 0 saturated carbocycles. The summed E-state index contributed by atoms with van der Waals surface area (Å²) in [4.78, 5) is 0. The average molecular weight is 154 g/mol. The topological polar surface area (TPSA) is 38.8 Å². The van der Waals surface area contributed by atoms with E-state index in [2.05, 4.69) is 15.8 Å². The summed E-state index contributed by atoms with van der Waals surface area (Å²) >= 11 is 0. The molecule has 1 aromatic carbocycles. The van der Waals surface area contributed by atoms with Gasteiger partial charge in [0.15, 0.2) is 11.6 Å². The average Bonchev–Trinajstić information content (AvgIpc) is 2.36. The molecular weight excluding hydrogens is 152 g/mol. The van der Waals surface area contributed by atoms with Crippen molar-refractivity contribution < 1.29 is 8.78 Å². The van der Waals surface area contributed by atoms with Gasteiger partial charge in [-0.1, -0.05) is 0 Å². The molecule has 0 fully saturated rings. The molecule has 5 heteroatoms. The fraction of sp³-hybridized carbons (Fsp3) is 0. The summed E-state index contributed by atoms with van der Waals surface area (Å²) in [6.07, 6.45) is 0. The lowest BCUT2D eigenvalue weighted by Gasteiger charge is -1.94. The molecule has 0 aromatic heterocycles. The third kappa shape index (κ3) is 0.849. The second-order valence-corrected chi connectivity index (χ2v) is 2.04. The van der Waals surface area contributed by atoms with Gasteiger partial charge in [0, 0.05) is 12.1 Å². The smallest absolute Gasteiger partial charge is 0.161 e. The molecule has 3 nitrogen and oxygen atoms in total. The van der Waals surface area contributed by atoms with Crippen LogP contribution in [0.2, 0.25) is 0 Å². The minimum absolute atomic E-state index is 0.268. The summed E-state index contributed by atoms with van der Waals surface area (Å²) in [6, 6.07) is 1.93. The van der Waals surface area contributed by atoms with E-state index in [1.54, 1.807) is 0 Å². The highest BCUT2D eigenvalue weighted by molar-refractivity contribution is 5.62. The summed E-state index contributed by atoms with van der Waals surface area (Å²) < 4.78 is 24.9. The summed E-state index contributed by atoms with van der Waals surface area (Å²) in [5.74, 6) is -1.86. The molecule has 1 aliphatic heterocycles. The second kappa shape index (κ2) is 1.98. The van der Waals surface area contributed by atoms with Crippen LogP contribution in [0.15, 0.2) is 22.5 Å². The van der Waals surface area contributed by atoms with Gasteiger partial charge >= 0.3 is 0 Å². The Morgan fingerprint density at radius 3 is 2.36 bits per heavy atom. The van der Waals surface area contributed by atoms with Crippen molar-refractivity contribution >= 4 is 11.4 Å². The Labute approximate surface area is 60.7 Å². The van der Waals surface area contributed by atoms with Crippen molar-refractivity contribution in [1.29, 1.82) is 0 Å². The highest BCUT2D eigenvalue weighted by Crippen LogP contribution is 2.31. The van der Waals surface area contributed by atoms with Gasteiger partial charge in [-0.3, -0.25) is 0 Å². The predicted octanol–water partition coefficient (Wildman–Crippen LogP) is 2.21. The number of hydrogen-bond donors (Lipinski definition) is 0. The van der Waals surface area contributed by atoms with Crippen LogP contribution in [0.25, 0.3) is 0 Å². The molecule has 0 saturated heterocycles. The van der Waals surface area contributed by atoms with Gasteiger partial charge in [0.2, 0.25) is 0 Å². The van der Waals surface area contributed by atoms with Gasteiger partial charge < -0.3 is 0 Å². The van der Waals surface area contributed by atoms with Crippen LogP contribution in [-0.2, 0) is 0 Å². The van der Waals surface area contributed by atoms with Crippen molar-refractivity contribution in [2.75, 3.05) is 0 Å². The first kappa shape index (κ1) is 6.21. The third-order valence-corrected chi connectivity index (χ3v) is 1.32. The van der Waals surface area contributed by atoms with E-state index in [0.717, 1.165) is 12.1 Å². The summed E-state index contributed by atoms with van der Waals surface area (Å²) in [6.45, 7) is 0. The minimum atomic E-state index is -0.931. The molecule has 0 bridgehead atoms. The number of hydrogen-bond acceptors (Lipinski definition) is 2. The van der Waals surface area contributed by atoms with Crippen molar-refractivity contribution in [3.8, 4) is 0 Å². The van der Waals surface area contributed by atoms with Crippen molar-refractivity contribution in [2.45, 2.75) is 0 Å². The Morgan fingerprint density at radius 1 is 1.00 bits per heavy atom. The lowest BCUT2D eigenvalue weighted by Crippen LogP contribution is -1.85. The van der Waals surface area contributed by atoms with Gasteiger partial charge in [-0.15, -0.1) is 10.5 Å². The zero-order valence-electron chi connectivity index (χ0n) is 5.25. The Balaban J connectivity index is 2.63. The van der Waals surface area contributed by atoms with E-state index in [4.69, 9.17) is 0 Å². The molecule has 0 unspecified atom stereocenters. The zero-order chi connectivity index (χ0) is 7.84. The third-order valence-electron chi connectivity index (χ3n) is 1.32. The largest absolute Gasteiger partial charge is 0.204 e. The van der Waals surface area contributed by atoms with Gasteiger partial charge in [0.1, 0.15) is 11.4 Å². The molecule has 0 amide bonds. The molecule has 0 aliphatic carbocycles. The monoisotopic (exact) mass is 154 g/mol. The Morgan fingerprint density at radius 2 is 1.64 bits per heavy atom. The molecule has 1 heterocycles. The number of benzene rings is 1. The molecular formula is C6H2F2N3. The fourth-order valence-electron chi connectivity index (χ4n) is 0.805. The molecule has 1 aromatic rings. The van der Waals surface area contributed by atoms with E-state index in [0.29, 0.717) is 0 Å². The number of fused-ring (bicyclic) bond motifs is 1. The van der Waals surface area contributed by atoms with E-state index in [-0.39, 0.29) is 11.4 Å². The van der Waals surface area contributed by atoms with Crippen LogP contribution < -0.4 is 5.43 Å². The SMILES string of the molecule is Fc1cc2c(cc1F)N=N[N]2. The standard InChI is InChI=1S/C6H2F2N3/c7-3-1-5-6(2-4(3)8)10-11-9-5/h1-2H. The van der Waals surface area contributed by atoms with E-state index in [1.165, 1.54) is 0 Å². The van der Waals surface area contributed by atoms with Gasteiger partial charge in [-0.2, -0.15) is 0 Å². The minimum Gasteiger partial charge on any atom is -0.204 e. The van der Waals surface area contributed by atoms with Gasteiger partial charge in [-0.05, 0) is 5.22 Å². The fourth-order valence-corrected chi connectivity index (χ4v) is 0.805. The Hall–Kier alpha value is -1.52. The van der Waals surface area contributed by atoms with Gasteiger partial charge in [0.05, 0.1) is 0 Å². The molecule has 0 spiro atoms. The Bertz CT molecular complexity index is 335. The molecule has 0 N–H and O–H groups in total. The molecule has 2 rings (SSSR count). The quantitative estimate of drug-likeness (QED) is 0.549. The molecule has 1 radical (unpaired) electrons. The van der Waals surface area contributed by atoms with Crippen molar-refractivity contribution in [3.05, 3.63) is 23.8 Å². The van der Waals surface area contributed by atoms with Crippen LogP contribution in [0.1, 0.15) is 0 Å². The number of nitrogens with zero attached hydrogens (tertiary/aromatic N) is 3. The van der Waals surface area contributed by atoms with Crippen molar-refractivity contribution in [2.24, 2.45) is 10.3 Å². The van der Waals surface area contributed by atoms with E-state index >= 15 is 0 Å². The predicted molar refractivity (Wildman–Crippen MR) is 32.7 cm³/mol. The van der Waals surface area contributed by atoms with E-state index in [9.17, 15) is 8.78 Å². The molecule has 0 atom stereocenters.